The van der Waals surface area contributed by atoms with Gasteiger partial charge in [-0.05, 0) is 0 Å². The van der Waals surface area contributed by atoms with Crippen molar-refractivity contribution in [1.82, 2.24) is 0 Å². The van der Waals surface area contributed by atoms with Gasteiger partial charge in [-0.25, -0.2) is 0 Å². The predicted octanol–water partition coefficient (Wildman–Crippen LogP) is 11.8. The first-order chi connectivity index (χ1) is 22.4. The molecule has 0 N–H and O–H groups in total. The minimum atomic E-state index is -5.04. The van der Waals surface area contributed by atoms with Gasteiger partial charge in [0, 0.05) is 0 Å². The fraction of sp³-hybridized carbons (Fsp3) is 0.383. The minimum absolute atomic E-state index is 0. The number of benzene rings is 4. The van der Waals surface area contributed by atoms with Gasteiger partial charge in [-0.3, -0.25) is 0 Å². The van der Waals surface area contributed by atoms with Gasteiger partial charge in [-0.2, -0.15) is 0 Å². The molecule has 0 aromatic heterocycles. The third-order valence-electron chi connectivity index (χ3n) is 11.8. The van der Waals surface area contributed by atoms with Crippen molar-refractivity contribution in [1.29, 1.82) is 0 Å². The van der Waals surface area contributed by atoms with Crippen LogP contribution in [0.4, 0.5) is 0 Å². The Morgan fingerprint density at radius 1 is 0.620 bits per heavy atom. The summed E-state index contributed by atoms with van der Waals surface area (Å²) in [7, 11) is 0. The second-order valence-electron chi connectivity index (χ2n) is 17.9. The number of hydrogen-bond donors (Lipinski definition) is 0. The van der Waals surface area contributed by atoms with E-state index in [1.165, 1.54) is 48.8 Å². The second kappa shape index (κ2) is 13.9. The molecule has 3 heteroatoms. The number of halogens is 2. The first-order valence-corrected chi connectivity index (χ1v) is 25.0. The fourth-order valence-corrected chi connectivity index (χ4v) is 26.7. The summed E-state index contributed by atoms with van der Waals surface area (Å²) in [4.78, 5) is 0. The molecular formula is C47H60Cl2Zr. The third kappa shape index (κ3) is 6.27. The van der Waals surface area contributed by atoms with Crippen molar-refractivity contribution in [2.24, 2.45) is 11.3 Å². The van der Waals surface area contributed by atoms with Crippen LogP contribution in [0, 0.1) is 11.3 Å². The molecule has 0 saturated heterocycles. The van der Waals surface area contributed by atoms with Crippen molar-refractivity contribution in [2.75, 3.05) is 0 Å². The van der Waals surface area contributed by atoms with E-state index in [9.17, 15) is 0 Å². The summed E-state index contributed by atoms with van der Waals surface area (Å²) in [6.07, 6.45) is 5.72. The Balaban J connectivity index is 0.00000281. The van der Waals surface area contributed by atoms with E-state index in [-0.39, 0.29) is 41.1 Å². The van der Waals surface area contributed by atoms with Crippen LogP contribution in [0.1, 0.15) is 111 Å². The molecule has 0 bridgehead atoms. The molecule has 2 aliphatic rings. The fourth-order valence-electron chi connectivity index (χ4n) is 9.19. The Labute approximate surface area is 317 Å². The number of hydrogen-bond acceptors (Lipinski definition) is 0. The molecule has 0 saturated carbocycles. The second-order valence-corrected chi connectivity index (χ2v) is 30.5. The summed E-state index contributed by atoms with van der Waals surface area (Å²) in [5.74, 6) is 0.349. The van der Waals surface area contributed by atoms with Gasteiger partial charge in [0.2, 0.25) is 0 Å². The molecule has 4 aromatic carbocycles. The topological polar surface area (TPSA) is 0 Å². The predicted molar refractivity (Wildman–Crippen MR) is 224 cm³/mol. The third-order valence-corrected chi connectivity index (χ3v) is 28.4. The molecule has 50 heavy (non-hydrogen) atoms. The van der Waals surface area contributed by atoms with Crippen LogP contribution in [-0.2, 0) is 35.5 Å². The zero-order chi connectivity index (χ0) is 34.9. The number of allylic oxidation sites excluding steroid dienone is 4. The van der Waals surface area contributed by atoms with Crippen molar-refractivity contribution >= 4 is 38.8 Å². The van der Waals surface area contributed by atoms with Crippen LogP contribution in [0.5, 0.6) is 0 Å². The molecule has 0 nitrogen and oxygen atoms in total. The Bertz CT molecular complexity index is 1940. The molecule has 1 unspecified atom stereocenters. The van der Waals surface area contributed by atoms with Gasteiger partial charge >= 0.3 is 295 Å². The molecule has 0 spiro atoms. The van der Waals surface area contributed by atoms with E-state index in [1.807, 2.05) is 0 Å². The Morgan fingerprint density at radius 2 is 1.12 bits per heavy atom. The van der Waals surface area contributed by atoms with Crippen molar-refractivity contribution in [3.63, 3.8) is 0 Å². The van der Waals surface area contributed by atoms with Gasteiger partial charge in [0.1, 0.15) is 0 Å². The van der Waals surface area contributed by atoms with Crippen LogP contribution in [0.2, 0.25) is 0 Å². The Morgan fingerprint density at radius 3 is 1.58 bits per heavy atom. The molecular weight excluding hydrogens is 727 g/mol. The van der Waals surface area contributed by atoms with Crippen LogP contribution in [0.15, 0.2) is 111 Å². The summed E-state index contributed by atoms with van der Waals surface area (Å²) in [5.41, 5.74) is 11.8. The molecule has 1 atom stereocenters. The van der Waals surface area contributed by atoms with Crippen molar-refractivity contribution in [2.45, 2.75) is 106 Å². The van der Waals surface area contributed by atoms with Crippen molar-refractivity contribution < 1.29 is 18.3 Å². The first kappa shape index (κ1) is 40.5. The van der Waals surface area contributed by atoms with E-state index in [1.54, 1.807) is 8.85 Å². The van der Waals surface area contributed by atoms with Gasteiger partial charge in [-0.15, -0.1) is 24.8 Å². The van der Waals surface area contributed by atoms with Crippen LogP contribution in [0.25, 0.3) is 11.1 Å². The molecule has 266 valence electrons. The van der Waals surface area contributed by atoms with Crippen LogP contribution >= 0.6 is 24.8 Å². The molecule has 2 aliphatic carbocycles. The van der Waals surface area contributed by atoms with Gasteiger partial charge in [0.25, 0.3) is 0 Å². The summed E-state index contributed by atoms with van der Waals surface area (Å²) in [6.45, 7) is 26.0. The number of rotatable bonds is 6. The van der Waals surface area contributed by atoms with Gasteiger partial charge in [-0.1, -0.05) is 0 Å². The van der Waals surface area contributed by atoms with Gasteiger partial charge in [0.05, 0.1) is 0 Å². The van der Waals surface area contributed by atoms with E-state index in [4.69, 9.17) is 4.21 Å². The van der Waals surface area contributed by atoms with Crippen LogP contribution < -0.4 is 9.81 Å². The molecule has 0 radical (unpaired) electrons. The SMILES string of the molecule is Cl.Cl.[CH2]=[Zr]([C]1=C(CC)C(C(C)(C)C)=CC1CC)([c]1ccc(C(C)(C)C)cc1)([c]1ccc(C(C)(C)C)cc1)[c]1cccc2c1Cc1ccccc1-2. The zero-order valence-electron chi connectivity index (χ0n) is 32.5. The van der Waals surface area contributed by atoms with Crippen molar-refractivity contribution in [3.05, 3.63) is 134 Å². The Kier molecular flexibility index (Phi) is 11.3. The normalized spacial score (nSPS) is 16.3. The molecule has 0 aliphatic heterocycles. The van der Waals surface area contributed by atoms with Crippen molar-refractivity contribution in [3.8, 4) is 11.1 Å². The van der Waals surface area contributed by atoms with Gasteiger partial charge < -0.3 is 0 Å². The molecule has 6 rings (SSSR count). The molecule has 0 fully saturated rings. The van der Waals surface area contributed by atoms with E-state index >= 15 is 0 Å². The molecule has 0 amide bonds. The zero-order valence-corrected chi connectivity index (χ0v) is 36.6. The van der Waals surface area contributed by atoms with Crippen LogP contribution in [-0.4, -0.2) is 4.21 Å². The average Bonchev–Trinajstić information content (AvgIpc) is 3.63. The van der Waals surface area contributed by atoms with E-state index < -0.39 is 18.3 Å². The van der Waals surface area contributed by atoms with Crippen LogP contribution in [0.3, 0.4) is 0 Å². The van der Waals surface area contributed by atoms with E-state index in [0.717, 1.165) is 19.3 Å². The average molecular weight is 787 g/mol. The maximum atomic E-state index is 5.95. The summed E-state index contributed by atoms with van der Waals surface area (Å²) < 4.78 is 12.1. The standard InChI is InChI=1S/C13H9.C13H21.2C10H13.CH2.2ClH.Zr/c1-3-7-12-10(5-1)9-11-6-2-4-8-13(11)12;1-6-10-8-11(7-2)12(9-10)13(3,4)5;2*1-10(2,3)9-7-5-4-6-8-9;;;;/h1-5,7-8H,9H2;9-10H,6-7H2,1-5H3;2*5-8H,1-3H3;1H2;2*1H;. The molecule has 4 aromatic rings. The maximum absolute atomic E-state index is 5.95. The summed E-state index contributed by atoms with van der Waals surface area (Å²) >= 11 is -5.04. The quantitative estimate of drug-likeness (QED) is 0.161. The Hall–Kier alpha value is -2.31. The molecule has 0 heterocycles. The van der Waals surface area contributed by atoms with E-state index in [2.05, 4.69) is 173 Å². The monoisotopic (exact) mass is 784 g/mol. The summed E-state index contributed by atoms with van der Waals surface area (Å²) in [6, 6.07) is 36.1. The van der Waals surface area contributed by atoms with E-state index in [0.29, 0.717) is 5.92 Å². The summed E-state index contributed by atoms with van der Waals surface area (Å²) in [5, 5.41) is 0. The number of fused-ring (bicyclic) bond motifs is 3. The van der Waals surface area contributed by atoms with Gasteiger partial charge in [0.15, 0.2) is 0 Å². The first-order valence-electron chi connectivity index (χ1n) is 18.4.